The third kappa shape index (κ3) is 3.12. The van der Waals surface area contributed by atoms with Crippen LogP contribution in [0.1, 0.15) is 29.6 Å². The number of amides is 1. The Balaban J connectivity index is 1.40. The van der Waals surface area contributed by atoms with Crippen LogP contribution in [0.2, 0.25) is 0 Å². The van der Waals surface area contributed by atoms with Gasteiger partial charge in [-0.15, -0.1) is 0 Å². The molecule has 2 aromatic heterocycles. The minimum atomic E-state index is -0.0755. The van der Waals surface area contributed by atoms with Crippen LogP contribution in [0, 0.1) is 5.92 Å². The van der Waals surface area contributed by atoms with Crippen LogP contribution in [0.4, 0.5) is 0 Å². The number of likely N-dealkylation sites (tertiary alicyclic amines) is 1. The van der Waals surface area contributed by atoms with E-state index < -0.39 is 0 Å². The van der Waals surface area contributed by atoms with Gasteiger partial charge in [0.1, 0.15) is 0 Å². The molecule has 120 valence electrons. The monoisotopic (exact) mass is 311 g/mol. The Labute approximate surface area is 135 Å². The predicted molar refractivity (Wildman–Crippen MR) is 86.4 cm³/mol. The number of hydrogen-bond acceptors (Lipinski definition) is 4. The van der Waals surface area contributed by atoms with Gasteiger partial charge >= 0.3 is 0 Å². The summed E-state index contributed by atoms with van der Waals surface area (Å²) in [7, 11) is 0. The van der Waals surface area contributed by atoms with Gasteiger partial charge in [-0.3, -0.25) is 4.79 Å². The molecule has 1 N–H and O–H groups in total. The summed E-state index contributed by atoms with van der Waals surface area (Å²) in [6.07, 6.45) is 9.03. The van der Waals surface area contributed by atoms with E-state index >= 15 is 0 Å². The van der Waals surface area contributed by atoms with Crippen LogP contribution in [0.3, 0.4) is 0 Å². The van der Waals surface area contributed by atoms with E-state index in [1.807, 2.05) is 6.07 Å². The van der Waals surface area contributed by atoms with Crippen molar-refractivity contribution in [3.05, 3.63) is 42.4 Å². The molecule has 2 aliphatic rings. The number of nitrogens with one attached hydrogen (secondary N) is 1. The second kappa shape index (κ2) is 6.12. The summed E-state index contributed by atoms with van der Waals surface area (Å²) >= 11 is 0. The van der Waals surface area contributed by atoms with Gasteiger partial charge in [0.2, 0.25) is 0 Å². The van der Waals surface area contributed by atoms with Crippen LogP contribution in [-0.4, -0.2) is 51.2 Å². The minimum absolute atomic E-state index is 0.0755. The Kier molecular flexibility index (Phi) is 3.83. The van der Waals surface area contributed by atoms with Gasteiger partial charge in [0.25, 0.3) is 5.91 Å². The van der Waals surface area contributed by atoms with Gasteiger partial charge in [0.05, 0.1) is 5.56 Å². The molecule has 1 aliphatic carbocycles. The lowest BCUT2D eigenvalue weighted by atomic mass is 10.1. The lowest BCUT2D eigenvalue weighted by Crippen LogP contribution is -2.32. The molecule has 1 aliphatic heterocycles. The van der Waals surface area contributed by atoms with Crippen LogP contribution in [0.15, 0.2) is 36.8 Å². The van der Waals surface area contributed by atoms with Crippen molar-refractivity contribution in [1.82, 2.24) is 25.0 Å². The third-order valence-electron chi connectivity index (χ3n) is 4.68. The van der Waals surface area contributed by atoms with E-state index in [1.165, 1.54) is 25.8 Å². The molecule has 0 spiro atoms. The first-order valence-electron chi connectivity index (χ1n) is 8.28. The fraction of sp³-hybridized carbons (Fsp3) is 0.471. The van der Waals surface area contributed by atoms with E-state index in [-0.39, 0.29) is 5.91 Å². The molecular formula is C17H21N5O. The van der Waals surface area contributed by atoms with Crippen molar-refractivity contribution in [3.8, 4) is 5.82 Å². The maximum atomic E-state index is 12.5. The first-order chi connectivity index (χ1) is 11.3. The predicted octanol–water partition coefficient (Wildman–Crippen LogP) is 1.48. The Morgan fingerprint density at radius 1 is 1.26 bits per heavy atom. The second-order valence-electron chi connectivity index (χ2n) is 6.42. The molecule has 0 aromatic carbocycles. The number of carbonyl (C=O) groups is 1. The summed E-state index contributed by atoms with van der Waals surface area (Å²) in [5, 5.41) is 7.25. The number of aromatic nitrogens is 3. The fourth-order valence-electron chi connectivity index (χ4n) is 3.28. The highest BCUT2D eigenvalue weighted by molar-refractivity contribution is 5.97. The first-order valence-corrected chi connectivity index (χ1v) is 8.28. The summed E-state index contributed by atoms with van der Waals surface area (Å²) in [5.41, 5.74) is 0.563. The van der Waals surface area contributed by atoms with Gasteiger partial charge in [0.15, 0.2) is 5.82 Å². The van der Waals surface area contributed by atoms with Gasteiger partial charge < -0.3 is 10.2 Å². The Hall–Kier alpha value is -2.21. The third-order valence-corrected chi connectivity index (χ3v) is 4.68. The van der Waals surface area contributed by atoms with E-state index in [4.69, 9.17) is 0 Å². The zero-order chi connectivity index (χ0) is 15.6. The van der Waals surface area contributed by atoms with Crippen LogP contribution in [0.5, 0.6) is 0 Å². The fourth-order valence-corrected chi connectivity index (χ4v) is 3.28. The van der Waals surface area contributed by atoms with Gasteiger partial charge in [-0.05, 0) is 49.9 Å². The van der Waals surface area contributed by atoms with E-state index in [0.717, 1.165) is 19.1 Å². The van der Waals surface area contributed by atoms with Crippen molar-refractivity contribution in [2.24, 2.45) is 5.92 Å². The van der Waals surface area contributed by atoms with E-state index in [0.29, 0.717) is 17.3 Å². The lowest BCUT2D eigenvalue weighted by molar-refractivity contribution is 0.0947. The summed E-state index contributed by atoms with van der Waals surface area (Å²) in [4.78, 5) is 19.4. The quantitative estimate of drug-likeness (QED) is 0.908. The van der Waals surface area contributed by atoms with Gasteiger partial charge in [-0.2, -0.15) is 5.10 Å². The van der Waals surface area contributed by atoms with E-state index in [2.05, 4.69) is 20.3 Å². The van der Waals surface area contributed by atoms with Crippen LogP contribution < -0.4 is 5.32 Å². The number of hydrogen-bond donors (Lipinski definition) is 1. The summed E-state index contributed by atoms with van der Waals surface area (Å²) in [6, 6.07) is 6.22. The molecule has 2 aromatic rings. The molecule has 0 radical (unpaired) electrons. The molecule has 3 heterocycles. The normalized spacial score (nSPS) is 21.5. The molecule has 2 fully saturated rings. The smallest absolute Gasteiger partial charge is 0.255 e. The van der Waals surface area contributed by atoms with Crippen LogP contribution in [0.25, 0.3) is 5.82 Å². The molecule has 1 saturated heterocycles. The van der Waals surface area contributed by atoms with Crippen molar-refractivity contribution in [3.63, 3.8) is 0 Å². The van der Waals surface area contributed by atoms with Crippen molar-refractivity contribution < 1.29 is 4.79 Å². The first kappa shape index (κ1) is 14.4. The van der Waals surface area contributed by atoms with E-state index in [9.17, 15) is 4.79 Å². The van der Waals surface area contributed by atoms with E-state index in [1.54, 1.807) is 35.4 Å². The topological polar surface area (TPSA) is 63.1 Å². The summed E-state index contributed by atoms with van der Waals surface area (Å²) in [6.45, 7) is 3.02. The number of carbonyl (C=O) groups excluding carboxylic acids is 1. The Morgan fingerprint density at radius 2 is 2.17 bits per heavy atom. The van der Waals surface area contributed by atoms with Crippen molar-refractivity contribution in [2.45, 2.75) is 25.3 Å². The minimum Gasteiger partial charge on any atom is -0.352 e. The zero-order valence-electron chi connectivity index (χ0n) is 13.1. The molecule has 23 heavy (non-hydrogen) atoms. The van der Waals surface area contributed by atoms with Crippen LogP contribution >= 0.6 is 0 Å². The highest BCUT2D eigenvalue weighted by Gasteiger charge is 2.34. The molecule has 6 heteroatoms. The SMILES string of the molecule is O=C(NCC1CCN(C2CC2)C1)c1cccnc1-n1cccn1. The molecule has 0 bridgehead atoms. The second-order valence-corrected chi connectivity index (χ2v) is 6.42. The average molecular weight is 311 g/mol. The summed E-state index contributed by atoms with van der Waals surface area (Å²) in [5.74, 6) is 1.05. The number of nitrogens with zero attached hydrogens (tertiary/aromatic N) is 4. The summed E-state index contributed by atoms with van der Waals surface area (Å²) < 4.78 is 1.62. The maximum absolute atomic E-state index is 12.5. The molecule has 1 unspecified atom stereocenters. The van der Waals surface area contributed by atoms with Gasteiger partial charge in [-0.25, -0.2) is 9.67 Å². The lowest BCUT2D eigenvalue weighted by Gasteiger charge is -2.15. The van der Waals surface area contributed by atoms with Crippen molar-refractivity contribution >= 4 is 5.91 Å². The standard InChI is InChI=1S/C17H21N5O/c23-17(19-11-13-6-10-21(12-13)14-4-5-14)15-3-1-7-18-16(15)22-9-2-8-20-22/h1-3,7-9,13-14H,4-6,10-12H2,(H,19,23). The van der Waals surface area contributed by atoms with Crippen LogP contribution in [-0.2, 0) is 0 Å². The average Bonchev–Trinajstić information content (AvgIpc) is 3.11. The van der Waals surface area contributed by atoms with Crippen molar-refractivity contribution in [1.29, 1.82) is 0 Å². The largest absolute Gasteiger partial charge is 0.352 e. The molecule has 1 saturated carbocycles. The Morgan fingerprint density at radius 3 is 2.96 bits per heavy atom. The molecule has 1 atom stereocenters. The molecular weight excluding hydrogens is 290 g/mol. The zero-order valence-corrected chi connectivity index (χ0v) is 13.1. The Bertz CT molecular complexity index is 680. The van der Waals surface area contributed by atoms with Crippen molar-refractivity contribution in [2.75, 3.05) is 19.6 Å². The number of rotatable bonds is 5. The maximum Gasteiger partial charge on any atom is 0.255 e. The molecule has 4 rings (SSSR count). The van der Waals surface area contributed by atoms with Gasteiger partial charge in [-0.1, -0.05) is 0 Å². The highest BCUT2D eigenvalue weighted by Crippen LogP contribution is 2.31. The molecule has 1 amide bonds. The van der Waals surface area contributed by atoms with Gasteiger partial charge in [0, 0.05) is 37.7 Å². The number of pyridine rings is 1. The molecule has 6 nitrogen and oxygen atoms in total. The highest BCUT2D eigenvalue weighted by atomic mass is 16.1.